The van der Waals surface area contributed by atoms with Crippen LogP contribution in [0.2, 0.25) is 0 Å². The molecule has 0 aliphatic heterocycles. The Morgan fingerprint density at radius 2 is 1.87 bits per heavy atom. The Morgan fingerprint density at radius 3 is 2.65 bits per heavy atom. The molecule has 23 heavy (non-hydrogen) atoms. The average Bonchev–Trinajstić information content (AvgIpc) is 2.94. The van der Waals surface area contributed by atoms with Gasteiger partial charge in [0.25, 0.3) is 0 Å². The SMILES string of the molecule is Cc1cccc(OCC#Cc2nc(-c3ccccc3)oc2C)c1. The second-order valence-electron chi connectivity index (χ2n) is 5.20. The first-order valence-electron chi connectivity index (χ1n) is 7.43. The molecule has 3 heteroatoms. The molecular formula is C20H17NO2. The van der Waals surface area contributed by atoms with Crippen LogP contribution in [0, 0.1) is 25.7 Å². The molecule has 3 aromatic rings. The van der Waals surface area contributed by atoms with Crippen LogP contribution in [-0.4, -0.2) is 11.6 Å². The van der Waals surface area contributed by atoms with E-state index < -0.39 is 0 Å². The molecule has 3 nitrogen and oxygen atoms in total. The van der Waals surface area contributed by atoms with E-state index in [9.17, 15) is 0 Å². The molecule has 0 amide bonds. The smallest absolute Gasteiger partial charge is 0.227 e. The predicted molar refractivity (Wildman–Crippen MR) is 90.2 cm³/mol. The van der Waals surface area contributed by atoms with Gasteiger partial charge in [0.05, 0.1) is 0 Å². The van der Waals surface area contributed by atoms with E-state index in [1.807, 2.05) is 68.4 Å². The predicted octanol–water partition coefficient (Wildman–Crippen LogP) is 4.39. The van der Waals surface area contributed by atoms with Crippen LogP contribution in [0.4, 0.5) is 0 Å². The maximum atomic E-state index is 5.68. The summed E-state index contributed by atoms with van der Waals surface area (Å²) in [5, 5.41) is 0. The Hall–Kier alpha value is -2.99. The second kappa shape index (κ2) is 6.85. The lowest BCUT2D eigenvalue weighted by Crippen LogP contribution is -1.94. The number of aromatic nitrogens is 1. The van der Waals surface area contributed by atoms with E-state index in [2.05, 4.69) is 16.8 Å². The minimum absolute atomic E-state index is 0.316. The van der Waals surface area contributed by atoms with E-state index in [1.54, 1.807) is 0 Å². The molecule has 0 aliphatic rings. The lowest BCUT2D eigenvalue weighted by Gasteiger charge is -2.01. The zero-order chi connectivity index (χ0) is 16.1. The third-order valence-corrected chi connectivity index (χ3v) is 3.32. The molecule has 2 aromatic carbocycles. The molecule has 3 rings (SSSR count). The fourth-order valence-electron chi connectivity index (χ4n) is 2.16. The van der Waals surface area contributed by atoms with Crippen LogP contribution in [0.5, 0.6) is 5.75 Å². The van der Waals surface area contributed by atoms with Crippen molar-refractivity contribution in [2.24, 2.45) is 0 Å². The van der Waals surface area contributed by atoms with Crippen molar-refractivity contribution in [3.05, 3.63) is 71.6 Å². The molecule has 0 radical (unpaired) electrons. The molecule has 0 saturated carbocycles. The number of nitrogens with zero attached hydrogens (tertiary/aromatic N) is 1. The molecule has 1 heterocycles. The molecule has 0 spiro atoms. The van der Waals surface area contributed by atoms with Crippen molar-refractivity contribution in [2.75, 3.05) is 6.61 Å². The van der Waals surface area contributed by atoms with Gasteiger partial charge in [0.2, 0.25) is 5.89 Å². The van der Waals surface area contributed by atoms with Gasteiger partial charge in [0.1, 0.15) is 18.1 Å². The van der Waals surface area contributed by atoms with Crippen LogP contribution in [0.15, 0.2) is 59.0 Å². The summed E-state index contributed by atoms with van der Waals surface area (Å²) < 4.78 is 11.3. The monoisotopic (exact) mass is 303 g/mol. The van der Waals surface area contributed by atoms with Gasteiger partial charge in [-0.3, -0.25) is 0 Å². The number of oxazole rings is 1. The van der Waals surface area contributed by atoms with Gasteiger partial charge < -0.3 is 9.15 Å². The molecule has 0 atom stereocenters. The third kappa shape index (κ3) is 3.81. The highest BCUT2D eigenvalue weighted by molar-refractivity contribution is 5.54. The first kappa shape index (κ1) is 14.9. The highest BCUT2D eigenvalue weighted by Crippen LogP contribution is 2.20. The quantitative estimate of drug-likeness (QED) is 0.673. The van der Waals surface area contributed by atoms with Gasteiger partial charge in [0, 0.05) is 5.56 Å². The number of benzene rings is 2. The largest absolute Gasteiger partial charge is 0.481 e. The number of aryl methyl sites for hydroxylation is 2. The highest BCUT2D eigenvalue weighted by atomic mass is 16.5. The van der Waals surface area contributed by atoms with Crippen LogP contribution in [0.3, 0.4) is 0 Å². The minimum atomic E-state index is 0.316. The second-order valence-corrected chi connectivity index (χ2v) is 5.20. The number of hydrogen-bond donors (Lipinski definition) is 0. The first-order valence-corrected chi connectivity index (χ1v) is 7.43. The van der Waals surface area contributed by atoms with Gasteiger partial charge in [-0.25, -0.2) is 4.98 Å². The van der Waals surface area contributed by atoms with Crippen molar-refractivity contribution >= 4 is 0 Å². The summed E-state index contributed by atoms with van der Waals surface area (Å²) in [6.45, 7) is 4.21. The van der Waals surface area contributed by atoms with E-state index >= 15 is 0 Å². The fraction of sp³-hybridized carbons (Fsp3) is 0.150. The normalized spacial score (nSPS) is 10.0. The zero-order valence-electron chi connectivity index (χ0n) is 13.2. The van der Waals surface area contributed by atoms with Gasteiger partial charge >= 0.3 is 0 Å². The van der Waals surface area contributed by atoms with Crippen LogP contribution in [0.1, 0.15) is 17.0 Å². The Morgan fingerprint density at radius 1 is 1.04 bits per heavy atom. The average molecular weight is 303 g/mol. The van der Waals surface area contributed by atoms with Gasteiger partial charge in [0.15, 0.2) is 5.69 Å². The molecular weight excluding hydrogens is 286 g/mol. The topological polar surface area (TPSA) is 35.3 Å². The van der Waals surface area contributed by atoms with Crippen LogP contribution < -0.4 is 4.74 Å². The molecule has 0 unspecified atom stereocenters. The summed E-state index contributed by atoms with van der Waals surface area (Å²) >= 11 is 0. The summed E-state index contributed by atoms with van der Waals surface area (Å²) in [6.07, 6.45) is 0. The van der Waals surface area contributed by atoms with Gasteiger partial charge in [-0.2, -0.15) is 0 Å². The number of hydrogen-bond acceptors (Lipinski definition) is 3. The standard InChI is InChI=1S/C20H17NO2/c1-15-8-6-11-18(14-15)22-13-7-12-19-16(2)23-20(21-19)17-9-4-3-5-10-17/h3-6,8-11,14H,13H2,1-2H3. The minimum Gasteiger partial charge on any atom is -0.481 e. The van der Waals surface area contributed by atoms with Gasteiger partial charge in [-0.05, 0) is 49.6 Å². The number of ether oxygens (including phenoxy) is 1. The molecule has 0 fully saturated rings. The number of rotatable bonds is 3. The third-order valence-electron chi connectivity index (χ3n) is 3.32. The summed E-state index contributed by atoms with van der Waals surface area (Å²) in [5.41, 5.74) is 2.76. The molecule has 0 saturated heterocycles. The maximum absolute atomic E-state index is 5.68. The first-order chi connectivity index (χ1) is 11.2. The molecule has 1 aromatic heterocycles. The van der Waals surface area contributed by atoms with Crippen molar-refractivity contribution < 1.29 is 9.15 Å². The summed E-state index contributed by atoms with van der Waals surface area (Å²) in [6, 6.07) is 17.7. The lowest BCUT2D eigenvalue weighted by atomic mass is 10.2. The van der Waals surface area contributed by atoms with Gasteiger partial charge in [-0.15, -0.1) is 0 Å². The van der Waals surface area contributed by atoms with Crippen molar-refractivity contribution in [1.29, 1.82) is 0 Å². The van der Waals surface area contributed by atoms with E-state index in [0.29, 0.717) is 24.0 Å². The zero-order valence-corrected chi connectivity index (χ0v) is 13.2. The lowest BCUT2D eigenvalue weighted by molar-refractivity contribution is 0.370. The van der Waals surface area contributed by atoms with Crippen molar-refractivity contribution in [3.8, 4) is 29.0 Å². The molecule has 0 bridgehead atoms. The Kier molecular flexibility index (Phi) is 4.44. The Bertz CT molecular complexity index is 854. The maximum Gasteiger partial charge on any atom is 0.227 e. The van der Waals surface area contributed by atoms with Crippen LogP contribution in [0.25, 0.3) is 11.5 Å². The summed E-state index contributed by atoms with van der Waals surface area (Å²) in [7, 11) is 0. The fourth-order valence-corrected chi connectivity index (χ4v) is 2.16. The molecule has 0 aliphatic carbocycles. The molecule has 0 N–H and O–H groups in total. The van der Waals surface area contributed by atoms with E-state index in [1.165, 1.54) is 0 Å². The molecule has 114 valence electrons. The Labute approximate surface area is 135 Å². The van der Waals surface area contributed by atoms with E-state index in [0.717, 1.165) is 16.9 Å². The van der Waals surface area contributed by atoms with E-state index in [4.69, 9.17) is 9.15 Å². The van der Waals surface area contributed by atoms with Crippen LogP contribution >= 0.6 is 0 Å². The van der Waals surface area contributed by atoms with Gasteiger partial charge in [-0.1, -0.05) is 36.3 Å². The van der Waals surface area contributed by atoms with Crippen LogP contribution in [-0.2, 0) is 0 Å². The summed E-state index contributed by atoms with van der Waals surface area (Å²) in [4.78, 5) is 4.44. The highest BCUT2D eigenvalue weighted by Gasteiger charge is 2.08. The summed E-state index contributed by atoms with van der Waals surface area (Å²) in [5.74, 6) is 8.11. The van der Waals surface area contributed by atoms with Crippen molar-refractivity contribution in [2.45, 2.75) is 13.8 Å². The van der Waals surface area contributed by atoms with Crippen molar-refractivity contribution in [1.82, 2.24) is 4.98 Å². The van der Waals surface area contributed by atoms with Crippen molar-refractivity contribution in [3.63, 3.8) is 0 Å². The van der Waals surface area contributed by atoms with E-state index in [-0.39, 0.29) is 0 Å². The Balaban J connectivity index is 1.68.